The number of carbonyl (C=O) groups excluding carboxylic acids is 1. The number of thioether (sulfide) groups is 1. The number of fused-ring (bicyclic) bond motifs is 1. The van der Waals surface area contributed by atoms with Crippen LogP contribution in [0.25, 0.3) is 10.3 Å². The summed E-state index contributed by atoms with van der Waals surface area (Å²) in [5, 5.41) is 4.54. The Balaban J connectivity index is 1.39. The number of amides is 1. The van der Waals surface area contributed by atoms with Crippen LogP contribution in [0.2, 0.25) is 0 Å². The lowest BCUT2D eigenvalue weighted by atomic mass is 10.2. The third-order valence-corrected chi connectivity index (χ3v) is 7.32. The van der Waals surface area contributed by atoms with E-state index in [0.29, 0.717) is 23.7 Å². The van der Waals surface area contributed by atoms with E-state index in [2.05, 4.69) is 37.3 Å². The van der Waals surface area contributed by atoms with E-state index in [9.17, 15) is 4.79 Å². The first kappa shape index (κ1) is 23.8. The number of anilines is 1. The summed E-state index contributed by atoms with van der Waals surface area (Å²) in [6.45, 7) is 1.08. The van der Waals surface area contributed by atoms with Crippen LogP contribution >= 0.6 is 23.1 Å². The summed E-state index contributed by atoms with van der Waals surface area (Å²) < 4.78 is 11.6. The van der Waals surface area contributed by atoms with E-state index >= 15 is 0 Å². The van der Waals surface area contributed by atoms with Gasteiger partial charge in [0.1, 0.15) is 16.1 Å². The van der Waals surface area contributed by atoms with Gasteiger partial charge in [0, 0.05) is 25.7 Å². The molecule has 4 rings (SSSR count). The van der Waals surface area contributed by atoms with Crippen LogP contribution in [0.5, 0.6) is 11.5 Å². The van der Waals surface area contributed by atoms with Crippen molar-refractivity contribution >= 4 is 44.5 Å². The molecule has 0 spiro atoms. The van der Waals surface area contributed by atoms with Gasteiger partial charge in [0.2, 0.25) is 5.91 Å². The summed E-state index contributed by atoms with van der Waals surface area (Å²) in [5.41, 5.74) is 2.69. The number of rotatable bonds is 10. The third-order valence-electron chi connectivity index (χ3n) is 5.04. The quantitative estimate of drug-likeness (QED) is 0.259. The third kappa shape index (κ3) is 5.57. The molecule has 0 atom stereocenters. The van der Waals surface area contributed by atoms with Crippen LogP contribution in [0.4, 0.5) is 5.13 Å². The molecule has 0 aliphatic heterocycles. The molecule has 10 heteroatoms. The number of hydrogen-bond acceptors (Lipinski definition) is 9. The van der Waals surface area contributed by atoms with Gasteiger partial charge in [-0.2, -0.15) is 4.98 Å². The Kier molecular flexibility index (Phi) is 7.81. The SMILES string of the molecule is COc1cccc(CNC(=O)CSc2ncnc3nc(N(C)Cc4ccccc4)sc23)c1OC. The monoisotopic (exact) mass is 495 g/mol. The van der Waals surface area contributed by atoms with Crippen LogP contribution < -0.4 is 19.7 Å². The number of hydrogen-bond donors (Lipinski definition) is 1. The van der Waals surface area contributed by atoms with Crippen molar-refractivity contribution in [2.45, 2.75) is 18.1 Å². The van der Waals surface area contributed by atoms with E-state index in [-0.39, 0.29) is 11.7 Å². The normalized spacial score (nSPS) is 10.8. The number of para-hydroxylation sites is 1. The van der Waals surface area contributed by atoms with Crippen LogP contribution in [0.3, 0.4) is 0 Å². The Labute approximate surface area is 206 Å². The molecule has 0 aliphatic rings. The minimum absolute atomic E-state index is 0.104. The van der Waals surface area contributed by atoms with Gasteiger partial charge in [0.05, 0.1) is 20.0 Å². The predicted octanol–water partition coefficient (Wildman–Crippen LogP) is 4.15. The van der Waals surface area contributed by atoms with Gasteiger partial charge in [-0.05, 0) is 11.6 Å². The van der Waals surface area contributed by atoms with Crippen LogP contribution in [0.1, 0.15) is 11.1 Å². The summed E-state index contributed by atoms with van der Waals surface area (Å²) >= 11 is 2.90. The maximum atomic E-state index is 12.5. The van der Waals surface area contributed by atoms with Gasteiger partial charge in [-0.15, -0.1) is 0 Å². The molecular formula is C24H25N5O3S2. The molecule has 0 unspecified atom stereocenters. The van der Waals surface area contributed by atoms with Gasteiger partial charge in [-0.3, -0.25) is 4.79 Å². The van der Waals surface area contributed by atoms with Crippen molar-refractivity contribution in [1.82, 2.24) is 20.3 Å². The number of nitrogens with zero attached hydrogens (tertiary/aromatic N) is 4. The molecule has 0 bridgehead atoms. The fourth-order valence-corrected chi connectivity index (χ4v) is 5.27. The van der Waals surface area contributed by atoms with Crippen LogP contribution in [-0.2, 0) is 17.9 Å². The van der Waals surface area contributed by atoms with E-state index < -0.39 is 0 Å². The molecule has 2 aromatic carbocycles. The van der Waals surface area contributed by atoms with Crippen molar-refractivity contribution < 1.29 is 14.3 Å². The fourth-order valence-electron chi connectivity index (χ4n) is 3.39. The van der Waals surface area contributed by atoms with Crippen molar-refractivity contribution in [2.75, 3.05) is 31.9 Å². The molecule has 8 nitrogen and oxygen atoms in total. The maximum Gasteiger partial charge on any atom is 0.230 e. The zero-order chi connectivity index (χ0) is 23.9. The average molecular weight is 496 g/mol. The molecule has 0 radical (unpaired) electrons. The van der Waals surface area contributed by atoms with Crippen molar-refractivity contribution in [1.29, 1.82) is 0 Å². The highest BCUT2D eigenvalue weighted by molar-refractivity contribution is 8.00. The molecular weight excluding hydrogens is 470 g/mol. The summed E-state index contributed by atoms with van der Waals surface area (Å²) in [7, 11) is 5.18. The molecule has 0 fully saturated rings. The van der Waals surface area contributed by atoms with Gasteiger partial charge in [0.15, 0.2) is 22.3 Å². The molecule has 1 N–H and O–H groups in total. The highest BCUT2D eigenvalue weighted by Gasteiger charge is 2.16. The van der Waals surface area contributed by atoms with Crippen LogP contribution in [0.15, 0.2) is 59.9 Å². The zero-order valence-electron chi connectivity index (χ0n) is 19.1. The first-order valence-electron chi connectivity index (χ1n) is 10.5. The van der Waals surface area contributed by atoms with Gasteiger partial charge in [-0.25, -0.2) is 9.97 Å². The van der Waals surface area contributed by atoms with Crippen LogP contribution in [-0.4, -0.2) is 47.9 Å². The van der Waals surface area contributed by atoms with Gasteiger partial charge >= 0.3 is 0 Å². The van der Waals surface area contributed by atoms with Crippen molar-refractivity contribution in [3.63, 3.8) is 0 Å². The molecule has 176 valence electrons. The van der Waals surface area contributed by atoms with E-state index in [4.69, 9.17) is 9.47 Å². The Morgan fingerprint density at radius 2 is 1.91 bits per heavy atom. The first-order valence-corrected chi connectivity index (χ1v) is 12.3. The standard InChI is InChI=1S/C24H25N5O3S2/c1-29(13-16-8-5-4-6-9-16)24-28-22-21(34-24)23(27-15-26-22)33-14-19(30)25-12-17-10-7-11-18(31-2)20(17)32-3/h4-11,15H,12-14H2,1-3H3,(H,25,30). The van der Waals surface area contributed by atoms with Crippen molar-refractivity contribution in [3.05, 3.63) is 66.0 Å². The highest BCUT2D eigenvalue weighted by Crippen LogP contribution is 2.34. The summed E-state index contributed by atoms with van der Waals surface area (Å²) in [4.78, 5) is 28.0. The Hall–Kier alpha value is -3.37. The van der Waals surface area contributed by atoms with Crippen molar-refractivity contribution in [2.24, 2.45) is 0 Å². The Morgan fingerprint density at radius 3 is 2.68 bits per heavy atom. The largest absolute Gasteiger partial charge is 0.493 e. The maximum absolute atomic E-state index is 12.5. The number of thiazole rings is 1. The molecule has 0 saturated heterocycles. The second-order valence-corrected chi connectivity index (χ2v) is 9.33. The lowest BCUT2D eigenvalue weighted by molar-refractivity contribution is -0.118. The lowest BCUT2D eigenvalue weighted by Crippen LogP contribution is -2.24. The summed E-state index contributed by atoms with van der Waals surface area (Å²) in [6.07, 6.45) is 1.49. The smallest absolute Gasteiger partial charge is 0.230 e. The van der Waals surface area contributed by atoms with E-state index in [1.165, 1.54) is 35.0 Å². The number of aromatic nitrogens is 3. The van der Waals surface area contributed by atoms with E-state index in [1.54, 1.807) is 14.2 Å². The minimum atomic E-state index is -0.104. The van der Waals surface area contributed by atoms with Gasteiger partial charge in [-0.1, -0.05) is 65.6 Å². The van der Waals surface area contributed by atoms with Gasteiger partial charge < -0.3 is 19.7 Å². The average Bonchev–Trinajstić information content (AvgIpc) is 3.31. The van der Waals surface area contributed by atoms with Crippen LogP contribution in [0, 0.1) is 0 Å². The summed E-state index contributed by atoms with van der Waals surface area (Å²) in [6, 6.07) is 15.8. The number of ether oxygens (including phenoxy) is 2. The first-order chi connectivity index (χ1) is 16.6. The molecule has 2 heterocycles. The number of methoxy groups -OCH3 is 2. The number of benzene rings is 2. The topological polar surface area (TPSA) is 89.5 Å². The van der Waals surface area contributed by atoms with E-state index in [1.807, 2.05) is 43.4 Å². The second-order valence-electron chi connectivity index (χ2n) is 7.39. The molecule has 0 aliphatic carbocycles. The predicted molar refractivity (Wildman–Crippen MR) is 136 cm³/mol. The molecule has 34 heavy (non-hydrogen) atoms. The molecule has 1 amide bonds. The minimum Gasteiger partial charge on any atom is -0.493 e. The fraction of sp³-hybridized carbons (Fsp3) is 0.250. The summed E-state index contributed by atoms with van der Waals surface area (Å²) in [5.74, 6) is 1.37. The molecule has 0 saturated carbocycles. The second kappa shape index (κ2) is 11.2. The van der Waals surface area contributed by atoms with Gasteiger partial charge in [0.25, 0.3) is 0 Å². The molecule has 4 aromatic rings. The van der Waals surface area contributed by atoms with E-state index in [0.717, 1.165) is 27.0 Å². The highest BCUT2D eigenvalue weighted by atomic mass is 32.2. The molecule has 2 aromatic heterocycles. The zero-order valence-corrected chi connectivity index (χ0v) is 20.8. The lowest BCUT2D eigenvalue weighted by Gasteiger charge is -2.15. The van der Waals surface area contributed by atoms with Crippen molar-refractivity contribution in [3.8, 4) is 11.5 Å². The Bertz CT molecular complexity index is 1270. The Morgan fingerprint density at radius 1 is 1.09 bits per heavy atom. The number of carbonyl (C=O) groups is 1. The number of nitrogens with one attached hydrogen (secondary N) is 1.